The molecule has 0 unspecified atom stereocenters. The zero-order valence-corrected chi connectivity index (χ0v) is 15.2. The van der Waals surface area contributed by atoms with E-state index >= 15 is 0 Å². The molecule has 2 aromatic carbocycles. The van der Waals surface area contributed by atoms with Crippen molar-refractivity contribution in [1.29, 1.82) is 0 Å². The van der Waals surface area contributed by atoms with Gasteiger partial charge in [-0.2, -0.15) is 0 Å². The predicted molar refractivity (Wildman–Crippen MR) is 102 cm³/mol. The fraction of sp³-hybridized carbons (Fsp3) is 0.316. The summed E-state index contributed by atoms with van der Waals surface area (Å²) in [5.74, 6) is 0.332. The van der Waals surface area contributed by atoms with Crippen molar-refractivity contribution in [3.8, 4) is 5.75 Å². The minimum atomic E-state index is -0.213. The first-order valence-corrected chi connectivity index (χ1v) is 8.64. The lowest BCUT2D eigenvalue weighted by molar-refractivity contribution is 0.102. The molecule has 3 rings (SSSR count). The van der Waals surface area contributed by atoms with Crippen LogP contribution >= 0.6 is 11.6 Å². The molecule has 0 saturated carbocycles. The van der Waals surface area contributed by atoms with Crippen LogP contribution in [0.5, 0.6) is 5.75 Å². The van der Waals surface area contributed by atoms with Crippen LogP contribution < -0.4 is 15.0 Å². The largest absolute Gasteiger partial charge is 0.496 e. The van der Waals surface area contributed by atoms with Gasteiger partial charge in [0.05, 0.1) is 29.1 Å². The highest BCUT2D eigenvalue weighted by atomic mass is 35.5. The van der Waals surface area contributed by atoms with E-state index < -0.39 is 0 Å². The first-order valence-electron chi connectivity index (χ1n) is 8.26. The molecular weight excluding hydrogens is 338 g/mol. The van der Waals surface area contributed by atoms with Gasteiger partial charge in [0.2, 0.25) is 0 Å². The maximum Gasteiger partial charge on any atom is 0.259 e. The zero-order chi connectivity index (χ0) is 17.8. The van der Waals surface area contributed by atoms with Crippen LogP contribution in [0, 0.1) is 0 Å². The minimum Gasteiger partial charge on any atom is -0.496 e. The highest BCUT2D eigenvalue weighted by Crippen LogP contribution is 2.35. The van der Waals surface area contributed by atoms with Gasteiger partial charge in [0, 0.05) is 26.2 Å². The second-order valence-electron chi connectivity index (χ2n) is 6.08. The van der Waals surface area contributed by atoms with Crippen LogP contribution in [0.1, 0.15) is 10.4 Å². The van der Waals surface area contributed by atoms with Crippen molar-refractivity contribution < 1.29 is 9.53 Å². The summed E-state index contributed by atoms with van der Waals surface area (Å²) < 4.78 is 5.28. The molecule has 5 nitrogen and oxygen atoms in total. The minimum absolute atomic E-state index is 0.213. The Hall–Kier alpha value is -2.24. The molecule has 1 N–H and O–H groups in total. The number of rotatable bonds is 4. The second kappa shape index (κ2) is 7.76. The summed E-state index contributed by atoms with van der Waals surface area (Å²) in [7, 11) is 3.66. The smallest absolute Gasteiger partial charge is 0.259 e. The molecule has 132 valence electrons. The number of anilines is 2. The fourth-order valence-corrected chi connectivity index (χ4v) is 3.28. The molecule has 25 heavy (non-hydrogen) atoms. The summed E-state index contributed by atoms with van der Waals surface area (Å²) in [4.78, 5) is 17.2. The second-order valence-corrected chi connectivity index (χ2v) is 6.49. The number of benzene rings is 2. The highest BCUT2D eigenvalue weighted by molar-refractivity contribution is 6.34. The zero-order valence-electron chi connectivity index (χ0n) is 14.5. The SMILES string of the molecule is COc1ccccc1C(=O)Nc1cccc(Cl)c1N1CCN(C)CC1. The van der Waals surface area contributed by atoms with E-state index in [-0.39, 0.29) is 5.91 Å². The van der Waals surface area contributed by atoms with Crippen molar-refractivity contribution in [2.75, 3.05) is 50.6 Å². The van der Waals surface area contributed by atoms with Crippen LogP contribution in [-0.2, 0) is 0 Å². The third kappa shape index (κ3) is 3.89. The van der Waals surface area contributed by atoms with Gasteiger partial charge >= 0.3 is 0 Å². The Morgan fingerprint density at radius 3 is 2.52 bits per heavy atom. The van der Waals surface area contributed by atoms with Gasteiger partial charge in [-0.25, -0.2) is 0 Å². The van der Waals surface area contributed by atoms with Gasteiger partial charge in [0.1, 0.15) is 5.75 Å². The molecule has 0 bridgehead atoms. The summed E-state index contributed by atoms with van der Waals surface area (Å²) in [6.45, 7) is 3.67. The topological polar surface area (TPSA) is 44.8 Å². The number of carbonyl (C=O) groups is 1. The molecule has 0 spiro atoms. The van der Waals surface area contributed by atoms with Gasteiger partial charge in [-0.05, 0) is 31.3 Å². The van der Waals surface area contributed by atoms with E-state index in [1.807, 2.05) is 30.3 Å². The Morgan fingerprint density at radius 2 is 1.80 bits per heavy atom. The van der Waals surface area contributed by atoms with Gasteiger partial charge < -0.3 is 19.9 Å². The summed E-state index contributed by atoms with van der Waals surface area (Å²) in [5.41, 5.74) is 2.09. The molecule has 1 aliphatic rings. The van der Waals surface area contributed by atoms with Crippen molar-refractivity contribution in [2.24, 2.45) is 0 Å². The van der Waals surface area contributed by atoms with E-state index in [9.17, 15) is 4.79 Å². The molecule has 0 aliphatic carbocycles. The van der Waals surface area contributed by atoms with E-state index in [0.29, 0.717) is 22.0 Å². The summed E-state index contributed by atoms with van der Waals surface area (Å²) in [5, 5.41) is 3.63. The molecule has 0 aromatic heterocycles. The van der Waals surface area contributed by atoms with Gasteiger partial charge in [-0.3, -0.25) is 4.79 Å². The molecule has 1 saturated heterocycles. The number of nitrogens with zero attached hydrogens (tertiary/aromatic N) is 2. The van der Waals surface area contributed by atoms with Crippen LogP contribution in [0.2, 0.25) is 5.02 Å². The van der Waals surface area contributed by atoms with Gasteiger partial charge in [0.15, 0.2) is 0 Å². The number of methoxy groups -OCH3 is 1. The molecule has 1 amide bonds. The van der Waals surface area contributed by atoms with Crippen molar-refractivity contribution in [3.63, 3.8) is 0 Å². The Balaban J connectivity index is 1.88. The third-order valence-electron chi connectivity index (χ3n) is 4.41. The number of likely N-dealkylation sites (N-methyl/N-ethyl adjacent to an activating group) is 1. The Bertz CT molecular complexity index is 758. The van der Waals surface area contributed by atoms with Crippen molar-refractivity contribution in [1.82, 2.24) is 4.90 Å². The summed E-state index contributed by atoms with van der Waals surface area (Å²) in [6.07, 6.45) is 0. The fourth-order valence-electron chi connectivity index (χ4n) is 2.99. The standard InChI is InChI=1S/C19H22ClN3O2/c1-22-10-12-23(13-11-22)18-15(20)7-5-8-16(18)21-19(24)14-6-3-4-9-17(14)25-2/h3-9H,10-13H2,1-2H3,(H,21,24). The lowest BCUT2D eigenvalue weighted by Crippen LogP contribution is -2.44. The lowest BCUT2D eigenvalue weighted by atomic mass is 10.1. The monoisotopic (exact) mass is 359 g/mol. The van der Waals surface area contributed by atoms with E-state index in [2.05, 4.69) is 22.2 Å². The lowest BCUT2D eigenvalue weighted by Gasteiger charge is -2.35. The van der Waals surface area contributed by atoms with E-state index in [1.165, 1.54) is 0 Å². The third-order valence-corrected chi connectivity index (χ3v) is 4.71. The molecule has 1 fully saturated rings. The number of para-hydroxylation sites is 2. The van der Waals surface area contributed by atoms with Gasteiger partial charge in [0.25, 0.3) is 5.91 Å². The van der Waals surface area contributed by atoms with Gasteiger partial charge in [-0.15, -0.1) is 0 Å². The Morgan fingerprint density at radius 1 is 1.08 bits per heavy atom. The summed E-state index contributed by atoms with van der Waals surface area (Å²) >= 11 is 6.46. The number of carbonyl (C=O) groups excluding carboxylic acids is 1. The quantitative estimate of drug-likeness (QED) is 0.909. The number of ether oxygens (including phenoxy) is 1. The molecule has 0 radical (unpaired) electrons. The summed E-state index contributed by atoms with van der Waals surface area (Å²) in [6, 6.07) is 12.8. The number of nitrogens with one attached hydrogen (secondary N) is 1. The average Bonchev–Trinajstić information content (AvgIpc) is 2.63. The van der Waals surface area contributed by atoms with Crippen LogP contribution in [0.3, 0.4) is 0 Å². The van der Waals surface area contributed by atoms with Crippen LogP contribution in [0.4, 0.5) is 11.4 Å². The maximum absolute atomic E-state index is 12.7. The normalized spacial score (nSPS) is 15.1. The number of amides is 1. The van der Waals surface area contributed by atoms with Crippen LogP contribution in [0.15, 0.2) is 42.5 Å². The number of hydrogen-bond acceptors (Lipinski definition) is 4. The van der Waals surface area contributed by atoms with Crippen LogP contribution in [0.25, 0.3) is 0 Å². The highest BCUT2D eigenvalue weighted by Gasteiger charge is 2.21. The van der Waals surface area contributed by atoms with Crippen molar-refractivity contribution in [3.05, 3.63) is 53.1 Å². The molecular formula is C19H22ClN3O2. The Labute approximate surface area is 153 Å². The van der Waals surface area contributed by atoms with Crippen molar-refractivity contribution >= 4 is 28.9 Å². The van der Waals surface area contributed by atoms with E-state index in [4.69, 9.17) is 16.3 Å². The number of halogens is 1. The molecule has 0 atom stereocenters. The average molecular weight is 360 g/mol. The van der Waals surface area contributed by atoms with Crippen LogP contribution in [-0.4, -0.2) is 51.1 Å². The molecule has 1 heterocycles. The Kier molecular flexibility index (Phi) is 5.46. The van der Waals surface area contributed by atoms with E-state index in [0.717, 1.165) is 31.9 Å². The predicted octanol–water partition coefficient (Wildman–Crippen LogP) is 3.35. The number of piperazine rings is 1. The van der Waals surface area contributed by atoms with E-state index in [1.54, 1.807) is 19.2 Å². The van der Waals surface area contributed by atoms with Crippen molar-refractivity contribution in [2.45, 2.75) is 0 Å². The molecule has 1 aliphatic heterocycles. The van der Waals surface area contributed by atoms with Gasteiger partial charge in [-0.1, -0.05) is 29.8 Å². The first-order chi connectivity index (χ1) is 12.1. The number of hydrogen-bond donors (Lipinski definition) is 1. The maximum atomic E-state index is 12.7. The molecule has 6 heteroatoms. The molecule has 2 aromatic rings. The first kappa shape index (κ1) is 17.6.